The normalized spacial score (nSPS) is 11.2. The second-order valence-electron chi connectivity index (χ2n) is 5.26. The molecule has 0 amide bonds. The monoisotopic (exact) mass is 372 g/mol. The number of hydrogen-bond donors (Lipinski definition) is 1. The van der Waals surface area contributed by atoms with Gasteiger partial charge < -0.3 is 0 Å². The molecule has 1 aromatic carbocycles. The van der Waals surface area contributed by atoms with E-state index in [0.717, 1.165) is 6.20 Å². The van der Waals surface area contributed by atoms with Gasteiger partial charge in [0.1, 0.15) is 11.5 Å². The summed E-state index contributed by atoms with van der Waals surface area (Å²) in [5.74, 6) is -0.408. The van der Waals surface area contributed by atoms with E-state index in [9.17, 15) is 12.8 Å². The highest BCUT2D eigenvalue weighted by Crippen LogP contribution is 2.19. The second kappa shape index (κ2) is 7.38. The van der Waals surface area contributed by atoms with Gasteiger partial charge in [0.05, 0.1) is 29.5 Å². The summed E-state index contributed by atoms with van der Waals surface area (Å²) in [5.41, 5.74) is 1.88. The van der Waals surface area contributed by atoms with Gasteiger partial charge in [-0.3, -0.25) is 9.83 Å². The molecule has 8 nitrogen and oxygen atoms in total. The molecule has 0 bridgehead atoms. The Morgan fingerprint density at radius 3 is 2.62 bits per heavy atom. The van der Waals surface area contributed by atoms with Crippen LogP contribution >= 0.6 is 0 Å². The van der Waals surface area contributed by atoms with Gasteiger partial charge in [0, 0.05) is 5.56 Å². The van der Waals surface area contributed by atoms with Crippen LogP contribution in [0.25, 0.3) is 16.1 Å². The van der Waals surface area contributed by atoms with E-state index in [-0.39, 0.29) is 11.6 Å². The Hall–Kier alpha value is -3.16. The molecule has 26 heavy (non-hydrogen) atoms. The fourth-order valence-corrected chi connectivity index (χ4v) is 3.07. The van der Waals surface area contributed by atoms with E-state index in [4.69, 9.17) is 6.57 Å². The van der Waals surface area contributed by atoms with Gasteiger partial charge >= 0.3 is 0 Å². The number of nitrogens with one attached hydrogen (secondary N) is 1. The minimum absolute atomic E-state index is 0.0628. The summed E-state index contributed by atoms with van der Waals surface area (Å²) in [5, 5.41) is 8.04. The third kappa shape index (κ3) is 4.08. The Morgan fingerprint density at radius 1 is 1.19 bits per heavy atom. The van der Waals surface area contributed by atoms with E-state index in [1.54, 1.807) is 29.1 Å². The Labute approximate surface area is 149 Å². The molecule has 2 heterocycles. The quantitative estimate of drug-likeness (QED) is 0.665. The maximum Gasteiger partial charge on any atom is 0.280 e. The molecular weight excluding hydrogens is 359 g/mol. The molecule has 1 N–H and O–H groups in total. The van der Waals surface area contributed by atoms with E-state index in [0.29, 0.717) is 23.5 Å². The molecule has 10 heteroatoms. The maximum atomic E-state index is 12.9. The van der Waals surface area contributed by atoms with Crippen LogP contribution in [0.1, 0.15) is 5.69 Å². The number of pyridine rings is 1. The lowest BCUT2D eigenvalue weighted by molar-refractivity contribution is 0.585. The first kappa shape index (κ1) is 17.7. The van der Waals surface area contributed by atoms with Crippen molar-refractivity contribution in [2.24, 2.45) is 0 Å². The van der Waals surface area contributed by atoms with Gasteiger partial charge in [-0.25, -0.2) is 24.1 Å². The Bertz CT molecular complexity index is 1040. The number of benzene rings is 1. The average Bonchev–Trinajstić information content (AvgIpc) is 3.11. The molecule has 0 aliphatic carbocycles. The number of hydrogen-bond acceptors (Lipinski definition) is 5. The minimum Gasteiger partial charge on any atom is -0.299 e. The summed E-state index contributed by atoms with van der Waals surface area (Å²) < 4.78 is 40.5. The minimum atomic E-state index is -3.70. The summed E-state index contributed by atoms with van der Waals surface area (Å²) >= 11 is 0. The fraction of sp³-hybridized carbons (Fsp3) is 0.125. The lowest BCUT2D eigenvalue weighted by Crippen LogP contribution is -2.22. The molecule has 0 fully saturated rings. The van der Waals surface area contributed by atoms with Crippen molar-refractivity contribution in [3.63, 3.8) is 0 Å². The Morgan fingerprint density at radius 2 is 1.96 bits per heavy atom. The number of aromatic nitrogens is 4. The molecule has 0 saturated carbocycles. The van der Waals surface area contributed by atoms with Gasteiger partial charge in [-0.15, -0.1) is 9.82 Å². The molecule has 0 aliphatic heterocycles. The summed E-state index contributed by atoms with van der Waals surface area (Å²) in [6, 6.07) is 8.96. The van der Waals surface area contributed by atoms with Crippen LogP contribution in [0.4, 0.5) is 4.39 Å². The topological polar surface area (TPSA) is 94.1 Å². The van der Waals surface area contributed by atoms with Crippen molar-refractivity contribution >= 4 is 10.0 Å². The molecule has 0 unspecified atom stereocenters. The summed E-state index contributed by atoms with van der Waals surface area (Å²) in [4.78, 5) is 6.99. The first-order chi connectivity index (χ1) is 12.5. The van der Waals surface area contributed by atoms with Gasteiger partial charge in [0.2, 0.25) is 10.0 Å². The predicted molar refractivity (Wildman–Crippen MR) is 90.5 cm³/mol. The lowest BCUT2D eigenvalue weighted by Gasteiger charge is -2.03. The van der Waals surface area contributed by atoms with E-state index >= 15 is 0 Å². The van der Waals surface area contributed by atoms with Gasteiger partial charge in [0.25, 0.3) is 6.67 Å². The van der Waals surface area contributed by atoms with Crippen molar-refractivity contribution in [2.45, 2.75) is 11.4 Å². The highest BCUT2D eigenvalue weighted by atomic mass is 32.2. The molecule has 0 atom stereocenters. The molecule has 2 aromatic heterocycles. The van der Waals surface area contributed by atoms with Crippen LogP contribution in [0.15, 0.2) is 53.7 Å². The second-order valence-corrected chi connectivity index (χ2v) is 7.02. The van der Waals surface area contributed by atoms with E-state index in [2.05, 4.69) is 24.9 Å². The van der Waals surface area contributed by atoms with Crippen LogP contribution in [-0.2, 0) is 16.6 Å². The van der Waals surface area contributed by atoms with E-state index in [1.165, 1.54) is 18.2 Å². The van der Waals surface area contributed by atoms with Crippen LogP contribution in [0.2, 0.25) is 0 Å². The average molecular weight is 372 g/mol. The largest absolute Gasteiger partial charge is 0.299 e. The summed E-state index contributed by atoms with van der Waals surface area (Å²) in [6.45, 7) is 6.67. The van der Waals surface area contributed by atoms with Gasteiger partial charge in [-0.2, -0.15) is 0 Å². The maximum absolute atomic E-state index is 12.9. The molecule has 0 aliphatic rings. The van der Waals surface area contributed by atoms with Crippen LogP contribution in [0.3, 0.4) is 0 Å². The predicted octanol–water partition coefficient (Wildman–Crippen LogP) is 1.68. The zero-order chi connectivity index (χ0) is 18.6. The van der Waals surface area contributed by atoms with Gasteiger partial charge in [-0.05, 0) is 24.3 Å². The first-order valence-corrected chi connectivity index (χ1v) is 8.90. The molecule has 0 saturated heterocycles. The highest BCUT2D eigenvalue weighted by Gasteiger charge is 2.15. The number of rotatable bonds is 6. The standard InChI is InChI=1S/C16H13FN6O2S/c1-18-11-20-26(24,25)15-6-2-12(3-7-15)16-10-23(22-21-16)9-14-5-4-13(17)8-19-14/h2-8,10,20H,9,11H2. The molecular formula is C16H13FN6O2S. The van der Waals surface area contributed by atoms with Crippen LogP contribution in [0.5, 0.6) is 0 Å². The fourth-order valence-electron chi connectivity index (χ4n) is 2.18. The van der Waals surface area contributed by atoms with E-state index in [1.807, 2.05) is 0 Å². The van der Waals surface area contributed by atoms with Crippen LogP contribution in [-0.4, -0.2) is 35.1 Å². The van der Waals surface area contributed by atoms with Crippen molar-refractivity contribution in [3.05, 3.63) is 71.7 Å². The van der Waals surface area contributed by atoms with Crippen molar-refractivity contribution in [1.29, 1.82) is 0 Å². The third-order valence-corrected chi connectivity index (χ3v) is 4.85. The number of halogens is 1. The highest BCUT2D eigenvalue weighted by molar-refractivity contribution is 7.89. The van der Waals surface area contributed by atoms with Crippen molar-refractivity contribution < 1.29 is 12.8 Å². The molecule has 132 valence electrons. The molecule has 0 radical (unpaired) electrons. The van der Waals surface area contributed by atoms with Crippen molar-refractivity contribution in [3.8, 4) is 11.3 Å². The van der Waals surface area contributed by atoms with Crippen molar-refractivity contribution in [1.82, 2.24) is 24.7 Å². The smallest absolute Gasteiger partial charge is 0.280 e. The number of sulfonamides is 1. The zero-order valence-corrected chi connectivity index (χ0v) is 14.2. The SMILES string of the molecule is [C-]#[N+]CNS(=O)(=O)c1ccc(-c2cn(Cc3ccc(F)cn3)nn2)cc1. The van der Waals surface area contributed by atoms with Crippen LogP contribution in [0, 0.1) is 12.4 Å². The third-order valence-electron chi connectivity index (χ3n) is 3.45. The number of nitrogens with zero attached hydrogens (tertiary/aromatic N) is 5. The molecule has 0 spiro atoms. The van der Waals surface area contributed by atoms with Gasteiger partial charge in [-0.1, -0.05) is 17.3 Å². The molecule has 3 aromatic rings. The Kier molecular flexibility index (Phi) is 5.01. The Balaban J connectivity index is 1.75. The first-order valence-electron chi connectivity index (χ1n) is 7.42. The van der Waals surface area contributed by atoms with Gasteiger partial charge in [0.15, 0.2) is 0 Å². The lowest BCUT2D eigenvalue weighted by atomic mass is 10.2. The zero-order valence-electron chi connectivity index (χ0n) is 13.4. The van der Waals surface area contributed by atoms with E-state index < -0.39 is 15.8 Å². The summed E-state index contributed by atoms with van der Waals surface area (Å²) in [7, 11) is -3.70. The van der Waals surface area contributed by atoms with Crippen molar-refractivity contribution in [2.75, 3.05) is 6.67 Å². The molecule has 3 rings (SSSR count). The van der Waals surface area contributed by atoms with Crippen LogP contribution < -0.4 is 4.72 Å². The summed E-state index contributed by atoms with van der Waals surface area (Å²) in [6.07, 6.45) is 2.82.